The molecule has 4 fully saturated rings. The van der Waals surface area contributed by atoms with Crippen molar-refractivity contribution in [2.45, 2.75) is 84.3 Å². The number of esters is 1. The van der Waals surface area contributed by atoms with Crippen molar-refractivity contribution in [3.8, 4) is 6.07 Å². The number of rotatable bonds is 1. The molecule has 0 aromatic heterocycles. The van der Waals surface area contributed by atoms with Crippen LogP contribution in [0, 0.1) is 45.8 Å². The second kappa shape index (κ2) is 6.62. The van der Waals surface area contributed by atoms with Gasteiger partial charge in [0, 0.05) is 13.0 Å². The van der Waals surface area contributed by atoms with Gasteiger partial charge in [0.1, 0.15) is 6.10 Å². The molecule has 4 nitrogen and oxygen atoms in total. The summed E-state index contributed by atoms with van der Waals surface area (Å²) < 4.78 is 5.52. The number of fused-ring (bicyclic) bond motifs is 5. The number of nitrogens with zero attached hydrogens (tertiary/aromatic N) is 1. The zero-order valence-corrected chi connectivity index (χ0v) is 16.9. The summed E-state index contributed by atoms with van der Waals surface area (Å²) >= 11 is 0. The van der Waals surface area contributed by atoms with E-state index < -0.39 is 6.10 Å². The maximum Gasteiger partial charge on any atom is 0.302 e. The van der Waals surface area contributed by atoms with Crippen LogP contribution in [0.5, 0.6) is 0 Å². The van der Waals surface area contributed by atoms with Crippen molar-refractivity contribution in [2.75, 3.05) is 0 Å². The Hall–Kier alpha value is -1.34. The predicted molar refractivity (Wildman–Crippen MR) is 102 cm³/mol. The maximum absolute atomic E-state index is 11.5. The SMILES string of the molecule is CC(=O)OC1CC2(C)C(CCC3C4CC/C(=C\C#N)C4(C)CCC32)CC1O. The van der Waals surface area contributed by atoms with Gasteiger partial charge in [0.15, 0.2) is 0 Å². The lowest BCUT2D eigenvalue weighted by Gasteiger charge is -2.61. The monoisotopic (exact) mass is 371 g/mol. The number of nitriles is 1. The van der Waals surface area contributed by atoms with Gasteiger partial charge in [0.25, 0.3) is 0 Å². The lowest BCUT2D eigenvalue weighted by molar-refractivity contribution is -0.180. The van der Waals surface area contributed by atoms with Crippen LogP contribution in [0.3, 0.4) is 0 Å². The molecule has 0 amide bonds. The van der Waals surface area contributed by atoms with Gasteiger partial charge in [-0.15, -0.1) is 0 Å². The van der Waals surface area contributed by atoms with E-state index in [0.717, 1.165) is 25.7 Å². The van der Waals surface area contributed by atoms with E-state index >= 15 is 0 Å². The number of aliphatic hydroxyl groups excluding tert-OH is 1. The molecule has 8 unspecified atom stereocenters. The summed E-state index contributed by atoms with van der Waals surface area (Å²) in [5, 5.41) is 19.7. The Balaban J connectivity index is 1.61. The van der Waals surface area contributed by atoms with Gasteiger partial charge in [0.05, 0.1) is 12.2 Å². The van der Waals surface area contributed by atoms with Gasteiger partial charge in [-0.25, -0.2) is 0 Å². The number of allylic oxidation sites excluding steroid dienone is 2. The molecule has 0 saturated heterocycles. The summed E-state index contributed by atoms with van der Waals surface area (Å²) in [5.41, 5.74) is 1.71. The van der Waals surface area contributed by atoms with Crippen molar-refractivity contribution in [3.05, 3.63) is 11.6 Å². The molecule has 0 aromatic rings. The van der Waals surface area contributed by atoms with E-state index in [0.29, 0.717) is 23.7 Å². The zero-order chi connectivity index (χ0) is 19.4. The Labute approximate surface area is 163 Å². The van der Waals surface area contributed by atoms with Crippen LogP contribution in [0.25, 0.3) is 0 Å². The average molecular weight is 372 g/mol. The van der Waals surface area contributed by atoms with E-state index in [9.17, 15) is 15.2 Å². The molecule has 4 heteroatoms. The molecule has 4 aliphatic rings. The highest BCUT2D eigenvalue weighted by Crippen LogP contribution is 2.67. The third-order valence-corrected chi connectivity index (χ3v) is 9.07. The number of ether oxygens (including phenoxy) is 1. The van der Waals surface area contributed by atoms with Crippen molar-refractivity contribution in [2.24, 2.45) is 34.5 Å². The first-order valence-corrected chi connectivity index (χ1v) is 10.7. The third-order valence-electron chi connectivity index (χ3n) is 9.07. The smallest absolute Gasteiger partial charge is 0.302 e. The minimum absolute atomic E-state index is 0.144. The van der Waals surface area contributed by atoms with Crippen molar-refractivity contribution in [3.63, 3.8) is 0 Å². The van der Waals surface area contributed by atoms with Crippen molar-refractivity contribution in [1.29, 1.82) is 5.26 Å². The first-order chi connectivity index (χ1) is 12.8. The molecule has 1 N–H and O–H groups in total. The lowest BCUT2D eigenvalue weighted by Crippen LogP contribution is -2.56. The molecule has 0 aliphatic heterocycles. The van der Waals surface area contributed by atoms with E-state index in [1.54, 1.807) is 0 Å². The van der Waals surface area contributed by atoms with Gasteiger partial charge in [-0.2, -0.15) is 5.26 Å². The van der Waals surface area contributed by atoms with Gasteiger partial charge in [-0.1, -0.05) is 19.4 Å². The van der Waals surface area contributed by atoms with Gasteiger partial charge >= 0.3 is 5.97 Å². The highest BCUT2D eigenvalue weighted by atomic mass is 16.6. The van der Waals surface area contributed by atoms with Crippen molar-refractivity contribution < 1.29 is 14.6 Å². The summed E-state index contributed by atoms with van der Waals surface area (Å²) in [6.45, 7) is 6.24. The van der Waals surface area contributed by atoms with Crippen molar-refractivity contribution >= 4 is 5.97 Å². The second-order valence-corrected chi connectivity index (χ2v) is 10.1. The lowest BCUT2D eigenvalue weighted by atomic mass is 9.44. The number of aliphatic hydroxyl groups is 1. The molecule has 4 saturated carbocycles. The molecular weight excluding hydrogens is 338 g/mol. The van der Waals surface area contributed by atoms with Crippen LogP contribution in [0.4, 0.5) is 0 Å². The van der Waals surface area contributed by atoms with Crippen LogP contribution in [-0.4, -0.2) is 23.3 Å². The Kier molecular flexibility index (Phi) is 4.66. The minimum Gasteiger partial charge on any atom is -0.460 e. The Morgan fingerprint density at radius 2 is 2.04 bits per heavy atom. The van der Waals surface area contributed by atoms with E-state index in [1.165, 1.54) is 38.2 Å². The van der Waals surface area contributed by atoms with Crippen molar-refractivity contribution in [1.82, 2.24) is 0 Å². The highest BCUT2D eigenvalue weighted by Gasteiger charge is 2.60. The average Bonchev–Trinajstić information content (AvgIpc) is 2.93. The van der Waals surface area contributed by atoms with Crippen LogP contribution in [0.1, 0.15) is 72.1 Å². The Bertz CT molecular complexity index is 694. The first-order valence-electron chi connectivity index (χ1n) is 10.7. The first kappa shape index (κ1) is 19.0. The minimum atomic E-state index is -0.519. The summed E-state index contributed by atoms with van der Waals surface area (Å²) in [6.07, 6.45) is 9.56. The molecule has 148 valence electrons. The van der Waals surface area contributed by atoms with Crippen LogP contribution in [0.2, 0.25) is 0 Å². The number of carbonyl (C=O) groups is 1. The fourth-order valence-corrected chi connectivity index (χ4v) is 7.75. The summed E-state index contributed by atoms with van der Waals surface area (Å²) in [4.78, 5) is 11.5. The normalized spacial score (nSPS) is 50.3. The molecule has 4 aliphatic carbocycles. The Morgan fingerprint density at radius 3 is 2.74 bits per heavy atom. The topological polar surface area (TPSA) is 70.3 Å². The fraction of sp³-hybridized carbons (Fsp3) is 0.826. The Morgan fingerprint density at radius 1 is 1.26 bits per heavy atom. The fourth-order valence-electron chi connectivity index (χ4n) is 7.75. The van der Waals surface area contributed by atoms with E-state index in [-0.39, 0.29) is 22.9 Å². The quantitative estimate of drug-likeness (QED) is 0.548. The number of carbonyl (C=O) groups excluding carboxylic acids is 1. The van der Waals surface area contributed by atoms with Crippen LogP contribution < -0.4 is 0 Å². The molecule has 4 rings (SSSR count). The second-order valence-electron chi connectivity index (χ2n) is 10.1. The van der Waals surface area contributed by atoms with Gasteiger partial charge < -0.3 is 9.84 Å². The molecule has 0 bridgehead atoms. The highest BCUT2D eigenvalue weighted by molar-refractivity contribution is 5.66. The molecule has 0 radical (unpaired) electrons. The molecule has 0 heterocycles. The van der Waals surface area contributed by atoms with Crippen LogP contribution >= 0.6 is 0 Å². The molecule has 0 spiro atoms. The van der Waals surface area contributed by atoms with Gasteiger partial charge in [0.2, 0.25) is 0 Å². The molecule has 0 aromatic carbocycles. The van der Waals surface area contributed by atoms with Gasteiger partial charge in [-0.3, -0.25) is 4.79 Å². The number of hydrogen-bond acceptors (Lipinski definition) is 4. The third kappa shape index (κ3) is 2.85. The molecule has 27 heavy (non-hydrogen) atoms. The predicted octanol–water partition coefficient (Wildman–Crippen LogP) is 4.38. The van der Waals surface area contributed by atoms with Crippen LogP contribution in [-0.2, 0) is 9.53 Å². The summed E-state index contributed by atoms with van der Waals surface area (Å²) in [7, 11) is 0. The zero-order valence-electron chi connectivity index (χ0n) is 16.9. The maximum atomic E-state index is 11.5. The van der Waals surface area contributed by atoms with E-state index in [4.69, 9.17) is 4.74 Å². The summed E-state index contributed by atoms with van der Waals surface area (Å²) in [6, 6.07) is 2.28. The van der Waals surface area contributed by atoms with Gasteiger partial charge in [-0.05, 0) is 85.9 Å². The van der Waals surface area contributed by atoms with E-state index in [1.807, 2.05) is 6.08 Å². The standard InChI is InChI=1S/C23H33NO3/c1-14(25)27-21-13-23(3)16(12-20(21)26)4-6-17-18-7-5-15(9-11-24)22(18,2)10-8-19(17)23/h9,16-21,26H,4-8,10,12-13H2,1-3H3/b15-9+. The van der Waals surface area contributed by atoms with Crippen LogP contribution in [0.15, 0.2) is 11.6 Å². The molecular formula is C23H33NO3. The summed E-state index contributed by atoms with van der Waals surface area (Å²) in [5.74, 6) is 2.25. The molecule has 8 atom stereocenters. The van der Waals surface area contributed by atoms with E-state index in [2.05, 4.69) is 19.9 Å². The largest absolute Gasteiger partial charge is 0.460 e. The number of hydrogen-bond donors (Lipinski definition) is 1.